The number of nitriles is 1. The lowest BCUT2D eigenvalue weighted by atomic mass is 9.77. The van der Waals surface area contributed by atoms with Gasteiger partial charge in [0.1, 0.15) is 41.8 Å². The van der Waals surface area contributed by atoms with Crippen molar-refractivity contribution in [2.45, 2.75) is 31.8 Å². The van der Waals surface area contributed by atoms with E-state index < -0.39 is 35.3 Å². The number of rotatable bonds is 8. The molecule has 7 nitrogen and oxygen atoms in total. The van der Waals surface area contributed by atoms with E-state index in [1.807, 2.05) is 0 Å². The van der Waals surface area contributed by atoms with Crippen LogP contribution < -0.4 is 0 Å². The highest BCUT2D eigenvalue weighted by atomic mass is 19.1. The highest BCUT2D eigenvalue weighted by molar-refractivity contribution is 5.51. The van der Waals surface area contributed by atoms with Gasteiger partial charge in [0.05, 0.1) is 25.3 Å². The number of aliphatic hydroxyl groups is 1. The van der Waals surface area contributed by atoms with Crippen LogP contribution in [0.15, 0.2) is 55.1 Å². The van der Waals surface area contributed by atoms with Crippen LogP contribution in [0.5, 0.6) is 0 Å². The molecule has 2 atom stereocenters. The van der Waals surface area contributed by atoms with Gasteiger partial charge in [0.2, 0.25) is 0 Å². The third-order valence-electron chi connectivity index (χ3n) is 6.32. The van der Waals surface area contributed by atoms with E-state index in [1.54, 1.807) is 31.2 Å². The van der Waals surface area contributed by atoms with Crippen molar-refractivity contribution in [2.24, 2.45) is 11.8 Å². The Labute approximate surface area is 206 Å². The summed E-state index contributed by atoms with van der Waals surface area (Å²) < 4.78 is 55.0. The van der Waals surface area contributed by atoms with Gasteiger partial charge in [0.15, 0.2) is 6.29 Å². The third kappa shape index (κ3) is 5.82. The van der Waals surface area contributed by atoms with Gasteiger partial charge in [-0.3, -0.25) is 0 Å². The second-order valence-corrected chi connectivity index (χ2v) is 8.89. The average Bonchev–Trinajstić information content (AvgIpc) is 3.36. The fraction of sp³-hybridized carbons (Fsp3) is 0.346. The molecule has 1 aliphatic rings. The number of nitrogens with zero attached hydrogens (tertiary/aromatic N) is 4. The standard InChI is InChI=1S/C26H25F3N4O3/c1-17(26(34,14-33-16-31-15-32-33)22-6-5-21(27)10-24(22)29)8-19-12-35-25(36-13-19)7-3-18-2-4-20(11-30)23(28)9-18/h2-7,9-10,15-17,19,25,34H,8,12-14H2,1H3/b7-3+/t17-,19?,25?,26+/m0/s1. The summed E-state index contributed by atoms with van der Waals surface area (Å²) in [5, 5.41) is 24.5. The minimum atomic E-state index is -1.69. The molecule has 2 heterocycles. The summed E-state index contributed by atoms with van der Waals surface area (Å²) in [6.07, 6.45) is 5.82. The van der Waals surface area contributed by atoms with Crippen LogP contribution in [0.25, 0.3) is 6.08 Å². The van der Waals surface area contributed by atoms with Crippen molar-refractivity contribution in [3.8, 4) is 6.07 Å². The number of ether oxygens (including phenoxy) is 2. The largest absolute Gasteiger partial charge is 0.383 e. The zero-order valence-corrected chi connectivity index (χ0v) is 19.5. The molecular weight excluding hydrogens is 473 g/mol. The Morgan fingerprint density at radius 1 is 1.19 bits per heavy atom. The lowest BCUT2D eigenvalue weighted by molar-refractivity contribution is -0.180. The topological polar surface area (TPSA) is 93.2 Å². The first-order valence-electron chi connectivity index (χ1n) is 11.4. The number of hydrogen-bond donors (Lipinski definition) is 1. The maximum atomic E-state index is 14.7. The van der Waals surface area contributed by atoms with Crippen molar-refractivity contribution in [2.75, 3.05) is 13.2 Å². The van der Waals surface area contributed by atoms with Crippen LogP contribution in [0, 0.1) is 40.6 Å². The van der Waals surface area contributed by atoms with E-state index in [2.05, 4.69) is 10.1 Å². The van der Waals surface area contributed by atoms with Crippen LogP contribution in [0.2, 0.25) is 0 Å². The zero-order chi connectivity index (χ0) is 25.7. The molecule has 0 aliphatic carbocycles. The zero-order valence-electron chi connectivity index (χ0n) is 19.5. The smallest absolute Gasteiger partial charge is 0.177 e. The first kappa shape index (κ1) is 25.6. The van der Waals surface area contributed by atoms with Crippen LogP contribution in [0.1, 0.15) is 30.0 Å². The molecule has 1 aromatic heterocycles. The maximum Gasteiger partial charge on any atom is 0.177 e. The fourth-order valence-electron chi connectivity index (χ4n) is 4.32. The second kappa shape index (κ2) is 11.0. The molecule has 188 valence electrons. The van der Waals surface area contributed by atoms with E-state index in [1.165, 1.54) is 35.5 Å². The first-order chi connectivity index (χ1) is 17.3. The molecule has 1 aliphatic heterocycles. The van der Waals surface area contributed by atoms with Gasteiger partial charge in [0, 0.05) is 17.5 Å². The van der Waals surface area contributed by atoms with E-state index in [4.69, 9.17) is 14.7 Å². The molecule has 10 heteroatoms. The molecule has 1 saturated heterocycles. The molecule has 0 amide bonds. The van der Waals surface area contributed by atoms with Gasteiger partial charge in [-0.2, -0.15) is 10.4 Å². The number of aromatic nitrogens is 3. The van der Waals surface area contributed by atoms with E-state index in [0.29, 0.717) is 25.2 Å². The van der Waals surface area contributed by atoms with Gasteiger partial charge in [0.25, 0.3) is 0 Å². The monoisotopic (exact) mass is 498 g/mol. The molecule has 36 heavy (non-hydrogen) atoms. The average molecular weight is 499 g/mol. The third-order valence-corrected chi connectivity index (χ3v) is 6.32. The normalized spacial score (nSPS) is 20.7. The van der Waals surface area contributed by atoms with E-state index in [0.717, 1.165) is 12.1 Å². The first-order valence-corrected chi connectivity index (χ1v) is 11.4. The van der Waals surface area contributed by atoms with Crippen LogP contribution in [-0.4, -0.2) is 39.4 Å². The minimum Gasteiger partial charge on any atom is -0.383 e. The molecule has 0 bridgehead atoms. The lowest BCUT2D eigenvalue weighted by Crippen LogP contribution is -2.42. The summed E-state index contributed by atoms with van der Waals surface area (Å²) in [4.78, 5) is 3.88. The molecule has 1 N–H and O–H groups in total. The Kier molecular flexibility index (Phi) is 7.84. The molecule has 0 spiro atoms. The predicted octanol–water partition coefficient (Wildman–Crippen LogP) is 4.18. The van der Waals surface area contributed by atoms with Crippen molar-refractivity contribution in [1.82, 2.24) is 14.8 Å². The molecule has 0 saturated carbocycles. The predicted molar refractivity (Wildman–Crippen MR) is 123 cm³/mol. The van der Waals surface area contributed by atoms with E-state index in [-0.39, 0.29) is 23.6 Å². The Bertz CT molecular complexity index is 1250. The van der Waals surface area contributed by atoms with Gasteiger partial charge in [-0.25, -0.2) is 22.8 Å². The Hall–Kier alpha value is -3.52. The van der Waals surface area contributed by atoms with Gasteiger partial charge in [-0.15, -0.1) is 0 Å². The Morgan fingerprint density at radius 2 is 1.97 bits per heavy atom. The number of benzene rings is 2. The lowest BCUT2D eigenvalue weighted by Gasteiger charge is -2.38. The van der Waals surface area contributed by atoms with Gasteiger partial charge in [-0.05, 0) is 42.2 Å². The summed E-state index contributed by atoms with van der Waals surface area (Å²) >= 11 is 0. The molecule has 2 aromatic carbocycles. The second-order valence-electron chi connectivity index (χ2n) is 8.89. The van der Waals surface area contributed by atoms with Crippen molar-refractivity contribution in [3.63, 3.8) is 0 Å². The van der Waals surface area contributed by atoms with Crippen molar-refractivity contribution in [3.05, 3.63) is 89.3 Å². The van der Waals surface area contributed by atoms with Crippen molar-refractivity contribution < 1.29 is 27.8 Å². The summed E-state index contributed by atoms with van der Waals surface area (Å²) in [7, 11) is 0. The highest BCUT2D eigenvalue weighted by Crippen LogP contribution is 2.37. The summed E-state index contributed by atoms with van der Waals surface area (Å²) in [6, 6.07) is 9.16. The van der Waals surface area contributed by atoms with Gasteiger partial charge < -0.3 is 14.6 Å². The summed E-state index contributed by atoms with van der Waals surface area (Å²) in [5.74, 6) is -2.75. The number of halogens is 3. The van der Waals surface area contributed by atoms with Crippen molar-refractivity contribution in [1.29, 1.82) is 5.26 Å². The van der Waals surface area contributed by atoms with Crippen LogP contribution in [0.4, 0.5) is 13.2 Å². The fourth-order valence-corrected chi connectivity index (χ4v) is 4.32. The molecule has 3 aromatic rings. The molecule has 4 rings (SSSR count). The van der Waals surface area contributed by atoms with Gasteiger partial charge in [-0.1, -0.05) is 25.1 Å². The quantitative estimate of drug-likeness (QED) is 0.501. The SMILES string of the molecule is C[C@@H](CC1COC(/C=C/c2ccc(C#N)c(F)c2)OC1)[C@](O)(Cn1cncn1)c1ccc(F)cc1F. The maximum absolute atomic E-state index is 14.7. The summed E-state index contributed by atoms with van der Waals surface area (Å²) in [6.45, 7) is 2.36. The van der Waals surface area contributed by atoms with E-state index in [9.17, 15) is 18.3 Å². The molecule has 1 fully saturated rings. The molecular formula is C26H25F3N4O3. The van der Waals surface area contributed by atoms with E-state index >= 15 is 0 Å². The summed E-state index contributed by atoms with van der Waals surface area (Å²) in [5.41, 5.74) is -1.19. The van der Waals surface area contributed by atoms with Crippen LogP contribution in [-0.2, 0) is 21.6 Å². The Balaban J connectivity index is 1.41. The van der Waals surface area contributed by atoms with Crippen LogP contribution in [0.3, 0.4) is 0 Å². The Morgan fingerprint density at radius 3 is 2.61 bits per heavy atom. The number of hydrogen-bond acceptors (Lipinski definition) is 6. The van der Waals surface area contributed by atoms with Crippen LogP contribution >= 0.6 is 0 Å². The highest BCUT2D eigenvalue weighted by Gasteiger charge is 2.40. The molecule has 0 radical (unpaired) electrons. The van der Waals surface area contributed by atoms with Gasteiger partial charge >= 0.3 is 0 Å². The van der Waals surface area contributed by atoms with Crippen molar-refractivity contribution >= 4 is 6.08 Å². The molecule has 0 unspecified atom stereocenters. The minimum absolute atomic E-state index is 0.0278.